The van der Waals surface area contributed by atoms with Crippen molar-refractivity contribution < 1.29 is 9.59 Å². The number of hydrogen-bond donors (Lipinski definition) is 4. The summed E-state index contributed by atoms with van der Waals surface area (Å²) >= 11 is 15.9. The van der Waals surface area contributed by atoms with E-state index in [1.54, 1.807) is 42.5 Å². The number of aromatic nitrogens is 2. The molecule has 47 heavy (non-hydrogen) atoms. The molecule has 0 saturated heterocycles. The summed E-state index contributed by atoms with van der Waals surface area (Å²) in [5.74, 6) is 5.05. The zero-order valence-corrected chi connectivity index (χ0v) is 30.1. The van der Waals surface area contributed by atoms with Gasteiger partial charge in [0.15, 0.2) is 0 Å². The van der Waals surface area contributed by atoms with Crippen LogP contribution in [0.25, 0.3) is 21.8 Å². The van der Waals surface area contributed by atoms with E-state index in [4.69, 9.17) is 29.0 Å². The van der Waals surface area contributed by atoms with Crippen LogP contribution in [0.4, 0.5) is 0 Å². The predicted octanol–water partition coefficient (Wildman–Crippen LogP) is 6.62. The number of amides is 2. The molecule has 6 aromatic rings. The summed E-state index contributed by atoms with van der Waals surface area (Å²) in [7, 11) is 0. The maximum atomic E-state index is 12.6. The molecule has 0 spiro atoms. The highest BCUT2D eigenvalue weighted by molar-refractivity contribution is 14.1. The van der Waals surface area contributed by atoms with Crippen molar-refractivity contribution in [2.45, 2.75) is 13.1 Å². The summed E-state index contributed by atoms with van der Waals surface area (Å²) < 4.78 is 3.14. The number of nitrogens with one attached hydrogen (secondary N) is 3. The SMILES string of the molecule is Nn1cc(C(=O)NCc2ccc(Cl)cc2)c(=O)c2cc(I)ccc21.O=C(NCc1ccc(Cl)cc1)c1c[nH]c2ccc(I)cc2c1=O. The number of carbonyl (C=O) groups excluding carboxylic acids is 2. The Hall–Kier alpha value is -3.92. The molecular weight excluding hydrogens is 867 g/mol. The lowest BCUT2D eigenvalue weighted by atomic mass is 10.1. The van der Waals surface area contributed by atoms with Gasteiger partial charge >= 0.3 is 0 Å². The molecule has 6 rings (SSSR count). The highest BCUT2D eigenvalue weighted by atomic mass is 127. The number of nitrogens with zero attached hydrogens (tertiary/aromatic N) is 1. The van der Waals surface area contributed by atoms with Gasteiger partial charge in [-0.2, -0.15) is 0 Å². The van der Waals surface area contributed by atoms with Crippen molar-refractivity contribution in [2.24, 2.45) is 0 Å². The molecule has 5 N–H and O–H groups in total. The predicted molar refractivity (Wildman–Crippen MR) is 204 cm³/mol. The largest absolute Gasteiger partial charge is 0.360 e. The summed E-state index contributed by atoms with van der Waals surface area (Å²) in [6.45, 7) is 0.629. The second kappa shape index (κ2) is 15.3. The van der Waals surface area contributed by atoms with E-state index in [0.29, 0.717) is 44.9 Å². The minimum absolute atomic E-state index is 0.0148. The third-order valence-electron chi connectivity index (χ3n) is 7.06. The second-order valence-corrected chi connectivity index (χ2v) is 13.6. The Labute approximate surface area is 305 Å². The van der Waals surface area contributed by atoms with Gasteiger partial charge in [0, 0.05) is 59.0 Å². The normalized spacial score (nSPS) is 10.7. The van der Waals surface area contributed by atoms with Crippen LogP contribution in [0.5, 0.6) is 0 Å². The van der Waals surface area contributed by atoms with Gasteiger partial charge < -0.3 is 21.5 Å². The van der Waals surface area contributed by atoms with E-state index in [1.165, 1.54) is 17.1 Å². The number of nitrogens with two attached hydrogens (primary N) is 1. The number of hydrogen-bond acceptors (Lipinski definition) is 5. The smallest absolute Gasteiger partial charge is 0.257 e. The van der Waals surface area contributed by atoms with E-state index in [2.05, 4.69) is 60.8 Å². The molecule has 0 aliphatic carbocycles. The van der Waals surface area contributed by atoms with Crippen LogP contribution in [0, 0.1) is 7.14 Å². The Kier molecular flexibility index (Phi) is 11.2. The van der Waals surface area contributed by atoms with Crippen LogP contribution < -0.4 is 27.3 Å². The topological polar surface area (TPSA) is 139 Å². The maximum Gasteiger partial charge on any atom is 0.257 e. The van der Waals surface area contributed by atoms with Gasteiger partial charge in [0.05, 0.1) is 5.52 Å². The van der Waals surface area contributed by atoms with Crippen molar-refractivity contribution in [2.75, 3.05) is 5.84 Å². The van der Waals surface area contributed by atoms with Crippen LogP contribution in [-0.2, 0) is 13.1 Å². The fourth-order valence-electron chi connectivity index (χ4n) is 4.61. The van der Waals surface area contributed by atoms with Crippen molar-refractivity contribution in [1.82, 2.24) is 20.3 Å². The minimum atomic E-state index is -0.463. The summed E-state index contributed by atoms with van der Waals surface area (Å²) in [5.41, 5.74) is 2.60. The van der Waals surface area contributed by atoms with Crippen molar-refractivity contribution in [3.63, 3.8) is 0 Å². The van der Waals surface area contributed by atoms with E-state index < -0.39 is 11.8 Å². The molecule has 0 unspecified atom stereocenters. The Morgan fingerprint density at radius 2 is 1.19 bits per heavy atom. The number of pyridine rings is 2. The minimum Gasteiger partial charge on any atom is -0.360 e. The molecule has 13 heteroatoms. The molecule has 2 heterocycles. The zero-order valence-electron chi connectivity index (χ0n) is 24.3. The van der Waals surface area contributed by atoms with Crippen molar-refractivity contribution >= 4 is 102 Å². The van der Waals surface area contributed by atoms with E-state index in [9.17, 15) is 19.2 Å². The average molecular weight is 892 g/mol. The van der Waals surface area contributed by atoms with E-state index >= 15 is 0 Å². The highest BCUT2D eigenvalue weighted by Crippen LogP contribution is 2.16. The van der Waals surface area contributed by atoms with Crippen LogP contribution >= 0.6 is 68.4 Å². The molecular formula is C34H25Cl2I2N5O4. The highest BCUT2D eigenvalue weighted by Gasteiger charge is 2.15. The number of nitrogen functional groups attached to an aromatic ring is 1. The quantitative estimate of drug-likeness (QED) is 0.110. The first kappa shape index (κ1) is 34.4. The number of fused-ring (bicyclic) bond motifs is 2. The Morgan fingerprint density at radius 3 is 1.77 bits per heavy atom. The van der Waals surface area contributed by atoms with Crippen molar-refractivity contribution in [3.05, 3.63) is 157 Å². The van der Waals surface area contributed by atoms with Gasteiger partial charge in [-0.15, -0.1) is 0 Å². The average Bonchev–Trinajstić information content (AvgIpc) is 3.06. The Morgan fingerprint density at radius 1 is 0.702 bits per heavy atom. The lowest BCUT2D eigenvalue weighted by molar-refractivity contribution is 0.0941. The van der Waals surface area contributed by atoms with Crippen LogP contribution in [-0.4, -0.2) is 21.5 Å². The first-order chi connectivity index (χ1) is 22.5. The number of aromatic amines is 1. The van der Waals surface area contributed by atoms with Gasteiger partial charge in [0.1, 0.15) is 11.1 Å². The summed E-state index contributed by atoms with van der Waals surface area (Å²) in [6.07, 6.45) is 2.81. The molecule has 0 aliphatic heterocycles. The van der Waals surface area contributed by atoms with Gasteiger partial charge in [-0.1, -0.05) is 47.5 Å². The molecule has 0 bridgehead atoms. The Bertz CT molecular complexity index is 2240. The number of benzene rings is 4. The molecule has 0 atom stereocenters. The first-order valence-electron chi connectivity index (χ1n) is 14.0. The van der Waals surface area contributed by atoms with E-state index in [1.807, 2.05) is 42.5 Å². The number of H-pyrrole nitrogens is 1. The van der Waals surface area contributed by atoms with Crippen LogP contribution in [0.1, 0.15) is 31.8 Å². The van der Waals surface area contributed by atoms with Gasteiger partial charge in [-0.3, -0.25) is 23.9 Å². The summed E-state index contributed by atoms with van der Waals surface area (Å²) in [5, 5.41) is 7.68. The lowest BCUT2D eigenvalue weighted by Crippen LogP contribution is -2.30. The standard InChI is InChI=1S/C17H13ClIN3O2.C17H12ClIN2O2/c18-11-3-1-10(2-4-11)8-21-17(24)14-9-22(20)15-6-5-12(19)7-13(15)16(14)23;18-11-3-1-10(2-4-11)8-21-17(23)14-9-20-15-6-5-12(19)7-13(15)16(14)22/h1-7,9H,8,20H2,(H,21,24);1-7,9H,8H2,(H,20,22)(H,21,23). The zero-order chi connectivity index (χ0) is 33.7. The third-order valence-corrected chi connectivity index (χ3v) is 8.90. The number of carbonyl (C=O) groups is 2. The molecule has 9 nitrogen and oxygen atoms in total. The van der Waals surface area contributed by atoms with Crippen molar-refractivity contribution in [1.29, 1.82) is 0 Å². The Balaban J connectivity index is 0.000000185. The fourth-order valence-corrected chi connectivity index (χ4v) is 5.84. The molecule has 0 radical (unpaired) electrons. The molecule has 2 aromatic heterocycles. The lowest BCUT2D eigenvalue weighted by Gasteiger charge is -2.10. The van der Waals surface area contributed by atoms with E-state index in [0.717, 1.165) is 18.3 Å². The molecule has 0 saturated carbocycles. The fraction of sp³-hybridized carbons (Fsp3) is 0.0588. The summed E-state index contributed by atoms with van der Waals surface area (Å²) in [6, 6.07) is 25.1. The van der Waals surface area contributed by atoms with E-state index in [-0.39, 0.29) is 22.0 Å². The monoisotopic (exact) mass is 891 g/mol. The number of rotatable bonds is 6. The van der Waals surface area contributed by atoms with Crippen LogP contribution in [0.3, 0.4) is 0 Å². The molecule has 0 aliphatic rings. The molecule has 238 valence electrons. The van der Waals surface area contributed by atoms with Gasteiger partial charge in [-0.05, 0) is 117 Å². The molecule has 4 aromatic carbocycles. The van der Waals surface area contributed by atoms with Crippen molar-refractivity contribution in [3.8, 4) is 0 Å². The third kappa shape index (κ3) is 8.52. The van der Waals surface area contributed by atoms with Gasteiger partial charge in [-0.25, -0.2) is 0 Å². The van der Waals surface area contributed by atoms with Crippen LogP contribution in [0.2, 0.25) is 10.0 Å². The van der Waals surface area contributed by atoms with Crippen LogP contribution in [0.15, 0.2) is 107 Å². The summed E-state index contributed by atoms with van der Waals surface area (Å²) in [4.78, 5) is 52.7. The molecule has 2 amide bonds. The molecule has 0 fully saturated rings. The first-order valence-corrected chi connectivity index (χ1v) is 16.9. The van der Waals surface area contributed by atoms with Gasteiger partial charge in [0.2, 0.25) is 10.9 Å². The second-order valence-electron chi connectivity index (χ2n) is 10.3. The van der Waals surface area contributed by atoms with Gasteiger partial charge in [0.25, 0.3) is 11.8 Å². The maximum absolute atomic E-state index is 12.6. The number of halogens is 4.